The van der Waals surface area contributed by atoms with Crippen molar-refractivity contribution in [1.82, 2.24) is 19.5 Å². The summed E-state index contributed by atoms with van der Waals surface area (Å²) >= 11 is 0. The number of nitrogens with one attached hydrogen (secondary N) is 1. The van der Waals surface area contributed by atoms with Crippen LogP contribution >= 0.6 is 0 Å². The molecule has 3 aromatic rings. The molecule has 2 aromatic heterocycles. The lowest BCUT2D eigenvalue weighted by Gasteiger charge is -2.14. The lowest BCUT2D eigenvalue weighted by atomic mass is 10.1. The Balaban J connectivity index is 1.70. The van der Waals surface area contributed by atoms with E-state index < -0.39 is 0 Å². The molecule has 108 valence electrons. The Kier molecular flexibility index (Phi) is 3.77. The summed E-state index contributed by atoms with van der Waals surface area (Å²) in [6.07, 6.45) is 6.97. The minimum atomic E-state index is -0.291. The maximum absolute atomic E-state index is 13.2. The number of aromatic nitrogens is 4. The molecular weight excluding hydrogens is 269 g/mol. The smallest absolute Gasteiger partial charge is 0.137 e. The van der Waals surface area contributed by atoms with Gasteiger partial charge in [0.15, 0.2) is 0 Å². The first kappa shape index (κ1) is 13.5. The van der Waals surface area contributed by atoms with Crippen LogP contribution in [0.1, 0.15) is 6.92 Å². The molecule has 1 unspecified atom stereocenters. The van der Waals surface area contributed by atoms with Gasteiger partial charge in [0.05, 0.1) is 11.8 Å². The molecule has 6 heteroatoms. The summed E-state index contributed by atoms with van der Waals surface area (Å²) in [5.74, 6) is 0.850. The molecule has 5 nitrogen and oxygen atoms in total. The predicted octanol–water partition coefficient (Wildman–Crippen LogP) is 2.71. The Bertz CT molecular complexity index is 726. The largest absolute Gasteiger partial charge is 0.369 e. The van der Waals surface area contributed by atoms with Gasteiger partial charge in [0, 0.05) is 36.9 Å². The number of imidazole rings is 1. The molecule has 3 rings (SSSR count). The second kappa shape index (κ2) is 5.87. The molecule has 0 aliphatic rings. The summed E-state index contributed by atoms with van der Waals surface area (Å²) in [4.78, 5) is 12.4. The Morgan fingerprint density at radius 2 is 2.24 bits per heavy atom. The number of anilines is 1. The van der Waals surface area contributed by atoms with Crippen LogP contribution in [-0.2, 0) is 6.54 Å². The van der Waals surface area contributed by atoms with Crippen LogP contribution in [0.25, 0.3) is 10.9 Å². The highest BCUT2D eigenvalue weighted by molar-refractivity contribution is 5.88. The van der Waals surface area contributed by atoms with Crippen LogP contribution in [-0.4, -0.2) is 26.1 Å². The zero-order chi connectivity index (χ0) is 14.7. The first-order chi connectivity index (χ1) is 10.2. The second-order valence-corrected chi connectivity index (χ2v) is 5.13. The van der Waals surface area contributed by atoms with Crippen molar-refractivity contribution in [2.75, 3.05) is 11.9 Å². The van der Waals surface area contributed by atoms with Crippen LogP contribution in [0.3, 0.4) is 0 Å². The van der Waals surface area contributed by atoms with E-state index in [1.165, 1.54) is 18.5 Å². The predicted molar refractivity (Wildman–Crippen MR) is 79.4 cm³/mol. The zero-order valence-electron chi connectivity index (χ0n) is 11.7. The molecule has 2 heterocycles. The highest BCUT2D eigenvalue weighted by Gasteiger charge is 2.07. The molecule has 0 spiro atoms. The Labute approximate surface area is 121 Å². The SMILES string of the molecule is CC(CNc1ncnc2cc(F)ccc12)Cn1ccnc1. The number of hydrogen-bond donors (Lipinski definition) is 1. The van der Waals surface area contributed by atoms with Gasteiger partial charge in [0.1, 0.15) is 18.0 Å². The van der Waals surface area contributed by atoms with Crippen LogP contribution in [0, 0.1) is 11.7 Å². The highest BCUT2D eigenvalue weighted by Crippen LogP contribution is 2.20. The lowest BCUT2D eigenvalue weighted by Crippen LogP contribution is -2.17. The van der Waals surface area contributed by atoms with E-state index >= 15 is 0 Å². The number of hydrogen-bond acceptors (Lipinski definition) is 4. The molecule has 0 fully saturated rings. The van der Waals surface area contributed by atoms with Gasteiger partial charge in [-0.3, -0.25) is 0 Å². The first-order valence-corrected chi connectivity index (χ1v) is 6.82. The van der Waals surface area contributed by atoms with Gasteiger partial charge >= 0.3 is 0 Å². The maximum Gasteiger partial charge on any atom is 0.137 e. The van der Waals surface area contributed by atoms with E-state index in [4.69, 9.17) is 0 Å². The van der Waals surface area contributed by atoms with Crippen molar-refractivity contribution in [3.8, 4) is 0 Å². The molecule has 0 amide bonds. The average Bonchev–Trinajstić information content (AvgIpc) is 2.97. The van der Waals surface area contributed by atoms with Gasteiger partial charge in [0.2, 0.25) is 0 Å². The standard InChI is InChI=1S/C15H16FN5/c1-11(8-21-5-4-17-10-21)7-18-15-13-3-2-12(16)6-14(13)19-9-20-15/h2-6,9-11H,7-8H2,1H3,(H,18,19,20). The summed E-state index contributed by atoms with van der Waals surface area (Å²) in [5.41, 5.74) is 0.606. The summed E-state index contributed by atoms with van der Waals surface area (Å²) in [5, 5.41) is 4.14. The van der Waals surface area contributed by atoms with Crippen LogP contribution in [0.2, 0.25) is 0 Å². The molecule has 1 aromatic carbocycles. The molecule has 0 radical (unpaired) electrons. The molecule has 0 aliphatic carbocycles. The molecule has 0 bridgehead atoms. The molecule has 1 atom stereocenters. The molecule has 0 saturated carbocycles. The van der Waals surface area contributed by atoms with Gasteiger partial charge in [-0.1, -0.05) is 6.92 Å². The lowest BCUT2D eigenvalue weighted by molar-refractivity contribution is 0.502. The third kappa shape index (κ3) is 3.16. The fourth-order valence-electron chi connectivity index (χ4n) is 2.26. The Morgan fingerprint density at radius 1 is 1.33 bits per heavy atom. The minimum Gasteiger partial charge on any atom is -0.369 e. The van der Waals surface area contributed by atoms with E-state index in [0.29, 0.717) is 11.4 Å². The normalized spacial score (nSPS) is 12.5. The number of halogens is 1. The van der Waals surface area contributed by atoms with Gasteiger partial charge in [0.25, 0.3) is 0 Å². The summed E-state index contributed by atoms with van der Waals surface area (Å²) in [7, 11) is 0. The molecule has 1 N–H and O–H groups in total. The number of fused-ring (bicyclic) bond motifs is 1. The third-order valence-corrected chi connectivity index (χ3v) is 3.30. The van der Waals surface area contributed by atoms with Crippen LogP contribution in [0.5, 0.6) is 0 Å². The van der Waals surface area contributed by atoms with Gasteiger partial charge in [-0.25, -0.2) is 19.3 Å². The second-order valence-electron chi connectivity index (χ2n) is 5.13. The van der Waals surface area contributed by atoms with Crippen molar-refractivity contribution in [2.24, 2.45) is 5.92 Å². The van der Waals surface area contributed by atoms with E-state index in [1.807, 2.05) is 10.8 Å². The van der Waals surface area contributed by atoms with Crippen molar-refractivity contribution in [3.05, 3.63) is 49.1 Å². The van der Waals surface area contributed by atoms with E-state index in [0.717, 1.165) is 24.3 Å². The summed E-state index contributed by atoms with van der Waals surface area (Å²) in [6, 6.07) is 4.54. The Hall–Kier alpha value is -2.50. The van der Waals surface area contributed by atoms with Crippen molar-refractivity contribution in [3.63, 3.8) is 0 Å². The van der Waals surface area contributed by atoms with Gasteiger partial charge in [-0.15, -0.1) is 0 Å². The van der Waals surface area contributed by atoms with E-state index in [9.17, 15) is 4.39 Å². The fourth-order valence-corrected chi connectivity index (χ4v) is 2.26. The third-order valence-electron chi connectivity index (χ3n) is 3.30. The molecular formula is C15H16FN5. The van der Waals surface area contributed by atoms with Gasteiger partial charge in [-0.2, -0.15) is 0 Å². The van der Waals surface area contributed by atoms with Crippen molar-refractivity contribution in [2.45, 2.75) is 13.5 Å². The van der Waals surface area contributed by atoms with Gasteiger partial charge < -0.3 is 9.88 Å². The number of benzene rings is 1. The van der Waals surface area contributed by atoms with E-state index in [2.05, 4.69) is 27.2 Å². The van der Waals surface area contributed by atoms with Gasteiger partial charge in [-0.05, 0) is 18.1 Å². The van der Waals surface area contributed by atoms with Crippen molar-refractivity contribution < 1.29 is 4.39 Å². The topological polar surface area (TPSA) is 55.6 Å². The molecule has 0 saturated heterocycles. The first-order valence-electron chi connectivity index (χ1n) is 6.82. The summed E-state index contributed by atoms with van der Waals surface area (Å²) < 4.78 is 15.2. The van der Waals surface area contributed by atoms with Crippen LogP contribution < -0.4 is 5.32 Å². The fraction of sp³-hybridized carbons (Fsp3) is 0.267. The zero-order valence-corrected chi connectivity index (χ0v) is 11.7. The Morgan fingerprint density at radius 3 is 3.05 bits per heavy atom. The minimum absolute atomic E-state index is 0.291. The highest BCUT2D eigenvalue weighted by atomic mass is 19.1. The van der Waals surface area contributed by atoms with Crippen molar-refractivity contribution in [1.29, 1.82) is 0 Å². The molecule has 0 aliphatic heterocycles. The van der Waals surface area contributed by atoms with Crippen LogP contribution in [0.4, 0.5) is 10.2 Å². The van der Waals surface area contributed by atoms with Crippen molar-refractivity contribution >= 4 is 16.7 Å². The number of nitrogens with zero attached hydrogens (tertiary/aromatic N) is 4. The van der Waals surface area contributed by atoms with Crippen LogP contribution in [0.15, 0.2) is 43.2 Å². The number of rotatable bonds is 5. The summed E-state index contributed by atoms with van der Waals surface area (Å²) in [6.45, 7) is 3.79. The monoisotopic (exact) mass is 285 g/mol. The average molecular weight is 285 g/mol. The van der Waals surface area contributed by atoms with E-state index in [1.54, 1.807) is 18.6 Å². The quantitative estimate of drug-likeness (QED) is 0.783. The van der Waals surface area contributed by atoms with E-state index in [-0.39, 0.29) is 5.82 Å². The maximum atomic E-state index is 13.2. The molecule has 21 heavy (non-hydrogen) atoms.